The molecular formula is C12H16Cl2N2O5. The van der Waals surface area contributed by atoms with Crippen molar-refractivity contribution in [2.75, 3.05) is 18.6 Å². The number of nitrogens with one attached hydrogen (secondary N) is 1. The second kappa shape index (κ2) is 8.50. The maximum absolute atomic E-state index is 9.76. The molecule has 3 atom stereocenters. The van der Waals surface area contributed by atoms with Gasteiger partial charge in [0.2, 0.25) is 0 Å². The predicted molar refractivity (Wildman–Crippen MR) is 79.7 cm³/mol. The van der Waals surface area contributed by atoms with Gasteiger partial charge in [-0.1, -0.05) is 23.2 Å². The predicted octanol–water partition coefficient (Wildman–Crippen LogP) is -0.171. The third kappa shape index (κ3) is 5.08. The first-order valence-electron chi connectivity index (χ1n) is 5.94. The van der Waals surface area contributed by atoms with Crippen LogP contribution in [0.5, 0.6) is 0 Å². The largest absolute Gasteiger partial charge is 0.394 e. The standard InChI is InChI=1S/C12H16Cl2N2O5/c13-6-1-2-8(7(14)3-6)15-16-9(4-17)11(20)12(21)10(19)5-18/h1-3,10-12,15,17-21H,4-5H2/t10-,11-,12-/m1/s1. The van der Waals surface area contributed by atoms with E-state index in [-0.39, 0.29) is 10.7 Å². The average Bonchev–Trinajstić information content (AvgIpc) is 2.47. The fourth-order valence-electron chi connectivity index (χ4n) is 1.42. The second-order valence-electron chi connectivity index (χ2n) is 4.18. The first kappa shape index (κ1) is 18.1. The van der Waals surface area contributed by atoms with Crippen LogP contribution in [0.4, 0.5) is 5.69 Å². The molecule has 0 amide bonds. The molecule has 1 rings (SSSR count). The van der Waals surface area contributed by atoms with E-state index in [4.69, 9.17) is 33.4 Å². The zero-order valence-corrected chi connectivity index (χ0v) is 12.3. The zero-order chi connectivity index (χ0) is 16.0. The van der Waals surface area contributed by atoms with Gasteiger partial charge in [0.15, 0.2) is 0 Å². The van der Waals surface area contributed by atoms with Crippen LogP contribution in [0.15, 0.2) is 23.3 Å². The number of hydrazone groups is 1. The molecule has 0 radical (unpaired) electrons. The molecule has 7 nitrogen and oxygen atoms in total. The summed E-state index contributed by atoms with van der Waals surface area (Å²) in [5, 5.41) is 50.9. The monoisotopic (exact) mass is 338 g/mol. The summed E-state index contributed by atoms with van der Waals surface area (Å²) in [6.45, 7) is -1.41. The normalized spacial score (nSPS) is 16.4. The molecule has 0 aromatic heterocycles. The molecule has 21 heavy (non-hydrogen) atoms. The second-order valence-corrected chi connectivity index (χ2v) is 5.03. The Balaban J connectivity index is 2.84. The minimum atomic E-state index is -1.69. The van der Waals surface area contributed by atoms with Gasteiger partial charge in [-0.3, -0.25) is 5.43 Å². The highest BCUT2D eigenvalue weighted by molar-refractivity contribution is 6.36. The van der Waals surface area contributed by atoms with E-state index >= 15 is 0 Å². The van der Waals surface area contributed by atoms with Gasteiger partial charge in [-0.05, 0) is 18.2 Å². The van der Waals surface area contributed by atoms with Gasteiger partial charge < -0.3 is 25.5 Å². The molecule has 0 aliphatic rings. The summed E-state index contributed by atoms with van der Waals surface area (Å²) in [5.74, 6) is 0. The fourth-order valence-corrected chi connectivity index (χ4v) is 1.87. The SMILES string of the molecule is OCC(=NNc1ccc(Cl)cc1Cl)[C@@H](O)[C@H](O)[C@H](O)CO. The Morgan fingerprint density at radius 2 is 1.86 bits per heavy atom. The van der Waals surface area contributed by atoms with Crippen LogP contribution in [0.2, 0.25) is 10.0 Å². The highest BCUT2D eigenvalue weighted by Gasteiger charge is 2.28. The Bertz CT molecular complexity index is 501. The van der Waals surface area contributed by atoms with Crippen LogP contribution >= 0.6 is 23.2 Å². The van der Waals surface area contributed by atoms with Gasteiger partial charge in [0.25, 0.3) is 0 Å². The molecule has 0 saturated heterocycles. The fraction of sp³-hybridized carbons (Fsp3) is 0.417. The lowest BCUT2D eigenvalue weighted by Gasteiger charge is -2.22. The Morgan fingerprint density at radius 3 is 2.38 bits per heavy atom. The molecule has 118 valence electrons. The molecule has 0 aliphatic heterocycles. The summed E-state index contributed by atoms with van der Waals surface area (Å²) in [7, 11) is 0. The van der Waals surface area contributed by atoms with E-state index in [2.05, 4.69) is 10.5 Å². The summed E-state index contributed by atoms with van der Waals surface area (Å²) in [6.07, 6.45) is -4.91. The summed E-state index contributed by atoms with van der Waals surface area (Å²) in [5.41, 5.74) is 2.64. The lowest BCUT2D eigenvalue weighted by molar-refractivity contribution is -0.0564. The van der Waals surface area contributed by atoms with Crippen LogP contribution in [0.3, 0.4) is 0 Å². The molecule has 0 heterocycles. The third-order valence-corrected chi connectivity index (χ3v) is 3.21. The molecule has 0 saturated carbocycles. The van der Waals surface area contributed by atoms with E-state index in [0.29, 0.717) is 10.7 Å². The number of hydrogen-bond donors (Lipinski definition) is 6. The van der Waals surface area contributed by atoms with Crippen LogP contribution in [0.25, 0.3) is 0 Å². The van der Waals surface area contributed by atoms with E-state index in [0.717, 1.165) is 0 Å². The van der Waals surface area contributed by atoms with Crippen molar-refractivity contribution in [3.05, 3.63) is 28.2 Å². The third-order valence-electron chi connectivity index (χ3n) is 2.66. The molecule has 1 aromatic carbocycles. The van der Waals surface area contributed by atoms with Crippen LogP contribution in [0.1, 0.15) is 0 Å². The number of hydrogen-bond acceptors (Lipinski definition) is 7. The van der Waals surface area contributed by atoms with Crippen molar-refractivity contribution in [2.45, 2.75) is 18.3 Å². The van der Waals surface area contributed by atoms with E-state index < -0.39 is 31.5 Å². The van der Waals surface area contributed by atoms with E-state index in [1.54, 1.807) is 6.07 Å². The van der Waals surface area contributed by atoms with Gasteiger partial charge in [-0.2, -0.15) is 5.10 Å². The molecule has 6 N–H and O–H groups in total. The first-order valence-corrected chi connectivity index (χ1v) is 6.69. The van der Waals surface area contributed by atoms with Crippen molar-refractivity contribution in [1.29, 1.82) is 0 Å². The van der Waals surface area contributed by atoms with Crippen LogP contribution in [0, 0.1) is 0 Å². The summed E-state index contributed by atoms with van der Waals surface area (Å²) >= 11 is 11.6. The average molecular weight is 339 g/mol. The molecule has 9 heteroatoms. The van der Waals surface area contributed by atoms with Gasteiger partial charge in [0, 0.05) is 5.02 Å². The minimum absolute atomic E-state index is 0.235. The Kier molecular flexibility index (Phi) is 7.33. The molecule has 0 aliphatic carbocycles. The first-order chi connectivity index (χ1) is 9.90. The number of rotatable bonds is 7. The van der Waals surface area contributed by atoms with Crippen molar-refractivity contribution in [1.82, 2.24) is 0 Å². The van der Waals surface area contributed by atoms with Gasteiger partial charge in [-0.25, -0.2) is 0 Å². The van der Waals surface area contributed by atoms with E-state index in [9.17, 15) is 15.3 Å². The molecular weight excluding hydrogens is 323 g/mol. The molecule has 0 unspecified atom stereocenters. The summed E-state index contributed by atoms with van der Waals surface area (Å²) < 4.78 is 0. The van der Waals surface area contributed by atoms with Gasteiger partial charge >= 0.3 is 0 Å². The van der Waals surface area contributed by atoms with Crippen molar-refractivity contribution >= 4 is 34.6 Å². The van der Waals surface area contributed by atoms with Crippen LogP contribution in [-0.4, -0.2) is 62.8 Å². The molecule has 0 fully saturated rings. The maximum atomic E-state index is 9.76. The highest BCUT2D eigenvalue weighted by Crippen LogP contribution is 2.25. The minimum Gasteiger partial charge on any atom is -0.394 e. The Morgan fingerprint density at radius 1 is 1.19 bits per heavy atom. The number of benzene rings is 1. The van der Waals surface area contributed by atoms with Crippen LogP contribution < -0.4 is 5.43 Å². The Hall–Kier alpha value is -0.930. The summed E-state index contributed by atoms with van der Waals surface area (Å²) in [4.78, 5) is 0. The van der Waals surface area contributed by atoms with Crippen molar-refractivity contribution in [2.24, 2.45) is 5.10 Å². The van der Waals surface area contributed by atoms with E-state index in [1.807, 2.05) is 0 Å². The zero-order valence-electron chi connectivity index (χ0n) is 10.8. The Labute approximate surface area is 131 Å². The number of halogens is 2. The topological polar surface area (TPSA) is 126 Å². The number of aliphatic hydroxyl groups is 5. The maximum Gasteiger partial charge on any atom is 0.125 e. The van der Waals surface area contributed by atoms with Gasteiger partial charge in [0.05, 0.1) is 29.6 Å². The molecule has 1 aromatic rings. The van der Waals surface area contributed by atoms with E-state index in [1.165, 1.54) is 12.1 Å². The smallest absolute Gasteiger partial charge is 0.125 e. The lowest BCUT2D eigenvalue weighted by atomic mass is 10.0. The van der Waals surface area contributed by atoms with Crippen molar-refractivity contribution < 1.29 is 25.5 Å². The van der Waals surface area contributed by atoms with Crippen LogP contribution in [-0.2, 0) is 0 Å². The van der Waals surface area contributed by atoms with Gasteiger partial charge in [0.1, 0.15) is 18.3 Å². The highest BCUT2D eigenvalue weighted by atomic mass is 35.5. The quantitative estimate of drug-likeness (QED) is 0.303. The lowest BCUT2D eigenvalue weighted by Crippen LogP contribution is -2.45. The molecule has 0 bridgehead atoms. The number of nitrogens with zero attached hydrogens (tertiary/aromatic N) is 1. The number of anilines is 1. The van der Waals surface area contributed by atoms with Crippen molar-refractivity contribution in [3.8, 4) is 0 Å². The molecule has 0 spiro atoms. The number of aliphatic hydroxyl groups excluding tert-OH is 5. The summed E-state index contributed by atoms with van der Waals surface area (Å²) in [6, 6.07) is 4.57. The van der Waals surface area contributed by atoms with Crippen molar-refractivity contribution in [3.63, 3.8) is 0 Å². The van der Waals surface area contributed by atoms with Gasteiger partial charge in [-0.15, -0.1) is 0 Å².